The molecule has 0 aliphatic carbocycles. The van der Waals surface area contributed by atoms with Gasteiger partial charge in [0.05, 0.1) is 29.8 Å². The lowest BCUT2D eigenvalue weighted by Crippen LogP contribution is -2.24. The Hall–Kier alpha value is -3.17. The molecule has 2 N–H and O–H groups in total. The minimum atomic E-state index is -3.81. The Morgan fingerprint density at radius 1 is 1.07 bits per heavy atom. The van der Waals surface area contributed by atoms with Crippen LogP contribution in [0.1, 0.15) is 11.5 Å². The lowest BCUT2D eigenvalue weighted by molar-refractivity contribution is -0.120. The summed E-state index contributed by atoms with van der Waals surface area (Å²) in [4.78, 5) is 16.5. The Morgan fingerprint density at radius 2 is 1.90 bits per heavy atom. The highest BCUT2D eigenvalue weighted by molar-refractivity contribution is 7.93. The Morgan fingerprint density at radius 3 is 2.72 bits per heavy atom. The molecule has 0 unspecified atom stereocenters. The number of hydrogen-bond donors (Lipinski definition) is 2. The Kier molecular flexibility index (Phi) is 5.32. The van der Waals surface area contributed by atoms with Gasteiger partial charge in [-0.25, -0.2) is 13.4 Å². The molecule has 0 aliphatic rings. The van der Waals surface area contributed by atoms with Gasteiger partial charge >= 0.3 is 0 Å². The molecule has 9 heteroatoms. The summed E-state index contributed by atoms with van der Waals surface area (Å²) in [5.41, 5.74) is 0.488. The van der Waals surface area contributed by atoms with Crippen molar-refractivity contribution in [3.8, 4) is 0 Å². The maximum absolute atomic E-state index is 12.8. The van der Waals surface area contributed by atoms with Gasteiger partial charge < -0.3 is 9.73 Å². The van der Waals surface area contributed by atoms with E-state index in [9.17, 15) is 13.2 Å². The zero-order valence-electron chi connectivity index (χ0n) is 15.2. The highest BCUT2D eigenvalue weighted by Crippen LogP contribution is 2.26. The van der Waals surface area contributed by atoms with Crippen LogP contribution in [0.3, 0.4) is 0 Å². The molecular weight excluding hydrogens is 410 g/mol. The monoisotopic (exact) mass is 427 g/mol. The van der Waals surface area contributed by atoms with Crippen LogP contribution in [0.5, 0.6) is 0 Å². The Labute approximate surface area is 171 Å². The van der Waals surface area contributed by atoms with Crippen molar-refractivity contribution in [2.75, 3.05) is 4.72 Å². The summed E-state index contributed by atoms with van der Waals surface area (Å²) in [6.07, 6.45) is 1.59. The molecule has 0 saturated carbocycles. The highest BCUT2D eigenvalue weighted by Gasteiger charge is 2.19. The van der Waals surface area contributed by atoms with Gasteiger partial charge in [0.1, 0.15) is 5.76 Å². The first-order valence-electron chi connectivity index (χ1n) is 8.75. The summed E-state index contributed by atoms with van der Waals surface area (Å²) >= 11 is 1.13. The smallest absolute Gasteiger partial charge is 0.264 e. The van der Waals surface area contributed by atoms with Crippen LogP contribution < -0.4 is 10.0 Å². The quantitative estimate of drug-likeness (QED) is 0.470. The number of thiazole rings is 1. The van der Waals surface area contributed by atoms with E-state index >= 15 is 0 Å². The average Bonchev–Trinajstić information content (AvgIpc) is 3.38. The van der Waals surface area contributed by atoms with Gasteiger partial charge in [0.2, 0.25) is 5.91 Å². The normalized spacial score (nSPS) is 11.4. The van der Waals surface area contributed by atoms with Crippen molar-refractivity contribution in [1.82, 2.24) is 10.3 Å². The lowest BCUT2D eigenvalue weighted by Gasteiger charge is -2.08. The van der Waals surface area contributed by atoms with Crippen molar-refractivity contribution < 1.29 is 17.6 Å². The number of aromatic nitrogens is 1. The fraction of sp³-hybridized carbons (Fsp3) is 0.100. The number of sulfonamides is 1. The van der Waals surface area contributed by atoms with Crippen molar-refractivity contribution in [2.24, 2.45) is 0 Å². The van der Waals surface area contributed by atoms with Crippen LogP contribution in [0.15, 0.2) is 75.6 Å². The molecule has 7 nitrogen and oxygen atoms in total. The number of anilines is 1. The van der Waals surface area contributed by atoms with Gasteiger partial charge in [0.15, 0.2) is 5.13 Å². The van der Waals surface area contributed by atoms with E-state index in [1.54, 1.807) is 41.8 Å². The Bertz CT molecular complexity index is 1240. The molecule has 0 atom stereocenters. The van der Waals surface area contributed by atoms with Gasteiger partial charge in [-0.05, 0) is 23.6 Å². The number of benzene rings is 2. The molecule has 2 aromatic carbocycles. The number of rotatable bonds is 7. The topological polar surface area (TPSA) is 101 Å². The average molecular weight is 428 g/mol. The third-order valence-corrected chi connectivity index (χ3v) is 6.53. The molecule has 0 saturated heterocycles. The van der Waals surface area contributed by atoms with Gasteiger partial charge in [-0.3, -0.25) is 9.52 Å². The fourth-order valence-corrected chi connectivity index (χ4v) is 5.05. The number of nitrogens with one attached hydrogen (secondary N) is 2. The minimum Gasteiger partial charge on any atom is -0.467 e. The fourth-order valence-electron chi connectivity index (χ4n) is 2.86. The predicted molar refractivity (Wildman–Crippen MR) is 111 cm³/mol. The van der Waals surface area contributed by atoms with Crippen LogP contribution >= 0.6 is 11.3 Å². The lowest BCUT2D eigenvalue weighted by atomic mass is 10.1. The van der Waals surface area contributed by atoms with Gasteiger partial charge in [-0.15, -0.1) is 11.3 Å². The highest BCUT2D eigenvalue weighted by atomic mass is 32.2. The number of furan rings is 1. The predicted octanol–water partition coefficient (Wildman–Crippen LogP) is 3.55. The number of hydrogen-bond acceptors (Lipinski definition) is 6. The standard InChI is InChI=1S/C20H17N3O4S2/c24-19(21-12-16-7-4-10-27-16)11-15-13-28-20(22-15)23-29(25,26)18-9-3-6-14-5-1-2-8-17(14)18/h1-10,13H,11-12H2,(H,21,24)(H,22,23). The van der Waals surface area contributed by atoms with Crippen molar-refractivity contribution >= 4 is 43.2 Å². The van der Waals surface area contributed by atoms with Crippen LogP contribution in [0.2, 0.25) is 0 Å². The van der Waals surface area contributed by atoms with Gasteiger partial charge in [-0.2, -0.15) is 0 Å². The van der Waals surface area contributed by atoms with Gasteiger partial charge in [0, 0.05) is 10.8 Å². The van der Waals surface area contributed by atoms with Gasteiger partial charge in [-0.1, -0.05) is 36.4 Å². The molecule has 0 bridgehead atoms. The molecule has 0 radical (unpaired) electrons. The second-order valence-corrected chi connectivity index (χ2v) is 8.77. The van der Waals surface area contributed by atoms with Crippen LogP contribution in [0.4, 0.5) is 5.13 Å². The van der Waals surface area contributed by atoms with E-state index in [-0.39, 0.29) is 28.9 Å². The SMILES string of the molecule is O=C(Cc1csc(NS(=O)(=O)c2cccc3ccccc23)n1)NCc1ccco1. The number of carbonyl (C=O) groups is 1. The molecule has 2 aromatic heterocycles. The summed E-state index contributed by atoms with van der Waals surface area (Å²) in [7, 11) is -3.81. The summed E-state index contributed by atoms with van der Waals surface area (Å²) in [6, 6.07) is 15.9. The summed E-state index contributed by atoms with van der Waals surface area (Å²) in [5, 5.41) is 6.08. The van der Waals surface area contributed by atoms with Crippen molar-refractivity contribution in [1.29, 1.82) is 0 Å². The van der Waals surface area contributed by atoms with E-state index in [0.717, 1.165) is 16.7 Å². The molecule has 148 valence electrons. The second kappa shape index (κ2) is 8.06. The molecule has 0 aliphatic heterocycles. The third-order valence-electron chi connectivity index (χ3n) is 4.19. The largest absolute Gasteiger partial charge is 0.467 e. The van der Waals surface area contributed by atoms with Crippen molar-refractivity contribution in [3.05, 3.63) is 77.7 Å². The maximum Gasteiger partial charge on any atom is 0.264 e. The molecule has 4 aromatic rings. The van der Waals surface area contributed by atoms with Crippen LogP contribution in [0, 0.1) is 0 Å². The summed E-state index contributed by atoms with van der Waals surface area (Å²) in [5.74, 6) is 0.426. The molecule has 0 spiro atoms. The zero-order valence-corrected chi connectivity index (χ0v) is 16.8. The van der Waals surface area contributed by atoms with E-state index in [4.69, 9.17) is 4.42 Å². The Balaban J connectivity index is 1.44. The number of nitrogens with zero attached hydrogens (tertiary/aromatic N) is 1. The molecular formula is C20H17N3O4S2. The first kappa shape index (κ1) is 19.2. The van der Waals surface area contributed by atoms with E-state index in [1.165, 1.54) is 6.26 Å². The molecule has 29 heavy (non-hydrogen) atoms. The number of carbonyl (C=O) groups excluding carboxylic acids is 1. The number of amides is 1. The summed E-state index contributed by atoms with van der Waals surface area (Å²) < 4.78 is 33.4. The molecule has 2 heterocycles. The van der Waals surface area contributed by atoms with Crippen LogP contribution in [-0.4, -0.2) is 19.3 Å². The second-order valence-electron chi connectivity index (χ2n) is 6.26. The third kappa shape index (κ3) is 4.47. The van der Waals surface area contributed by atoms with Gasteiger partial charge in [0.25, 0.3) is 10.0 Å². The minimum absolute atomic E-state index is 0.0488. The van der Waals surface area contributed by atoms with Crippen LogP contribution in [0.25, 0.3) is 10.8 Å². The first-order valence-corrected chi connectivity index (χ1v) is 11.1. The van der Waals surface area contributed by atoms with E-state index in [1.807, 2.05) is 18.2 Å². The van der Waals surface area contributed by atoms with Crippen LogP contribution in [-0.2, 0) is 27.8 Å². The van der Waals surface area contributed by atoms with Crippen molar-refractivity contribution in [3.63, 3.8) is 0 Å². The molecule has 0 fully saturated rings. The zero-order chi connectivity index (χ0) is 20.3. The maximum atomic E-state index is 12.8. The molecule has 4 rings (SSSR count). The summed E-state index contributed by atoms with van der Waals surface area (Å²) in [6.45, 7) is 0.288. The first-order chi connectivity index (χ1) is 14.0. The van der Waals surface area contributed by atoms with E-state index in [0.29, 0.717) is 16.8 Å². The molecule has 1 amide bonds. The van der Waals surface area contributed by atoms with E-state index < -0.39 is 10.0 Å². The van der Waals surface area contributed by atoms with Crippen molar-refractivity contribution in [2.45, 2.75) is 17.9 Å². The number of fused-ring (bicyclic) bond motifs is 1. The van der Waals surface area contributed by atoms with E-state index in [2.05, 4.69) is 15.0 Å².